The fourth-order valence-corrected chi connectivity index (χ4v) is 5.03. The van der Waals surface area contributed by atoms with Gasteiger partial charge in [0.25, 0.3) is 0 Å². The number of para-hydroxylation sites is 2. The van der Waals surface area contributed by atoms with Gasteiger partial charge >= 0.3 is 18.0 Å². The van der Waals surface area contributed by atoms with Gasteiger partial charge in [-0.1, -0.05) is 36.4 Å². The topological polar surface area (TPSA) is 103 Å². The molecular formula is C29H37N5O5. The maximum atomic E-state index is 13.3. The Balaban J connectivity index is 1.55. The Kier molecular flexibility index (Phi) is 9.08. The average Bonchev–Trinajstić information content (AvgIpc) is 3.17. The van der Waals surface area contributed by atoms with Crippen LogP contribution in [0.15, 0.2) is 59.8 Å². The van der Waals surface area contributed by atoms with Crippen LogP contribution >= 0.6 is 0 Å². The van der Waals surface area contributed by atoms with Crippen LogP contribution in [0.2, 0.25) is 0 Å². The first kappa shape index (κ1) is 28.0. The van der Waals surface area contributed by atoms with Crippen molar-refractivity contribution in [1.82, 2.24) is 20.0 Å². The Morgan fingerprint density at radius 3 is 2.54 bits per heavy atom. The molecule has 0 aliphatic carbocycles. The van der Waals surface area contributed by atoms with Crippen molar-refractivity contribution >= 4 is 23.7 Å². The lowest BCUT2D eigenvalue weighted by Crippen LogP contribution is -2.49. The summed E-state index contributed by atoms with van der Waals surface area (Å²) in [7, 11) is 3.24. The number of methoxy groups -OCH3 is 1. The first-order valence-corrected chi connectivity index (χ1v) is 13.2. The van der Waals surface area contributed by atoms with E-state index < -0.39 is 12.0 Å². The third-order valence-corrected chi connectivity index (χ3v) is 7.17. The number of hydrogen-bond donors (Lipinski definition) is 2. The fourth-order valence-electron chi connectivity index (χ4n) is 5.03. The van der Waals surface area contributed by atoms with Crippen molar-refractivity contribution < 1.29 is 23.9 Å². The van der Waals surface area contributed by atoms with Crippen LogP contribution in [0.5, 0.6) is 5.75 Å². The Morgan fingerprint density at radius 1 is 1.05 bits per heavy atom. The summed E-state index contributed by atoms with van der Waals surface area (Å²) in [4.78, 5) is 44.8. The number of rotatable bonds is 7. The van der Waals surface area contributed by atoms with E-state index in [1.807, 2.05) is 43.3 Å². The van der Waals surface area contributed by atoms with Crippen molar-refractivity contribution in [2.45, 2.75) is 26.3 Å². The molecule has 2 aromatic rings. The van der Waals surface area contributed by atoms with Gasteiger partial charge in [0.05, 0.1) is 31.0 Å². The van der Waals surface area contributed by atoms with Crippen LogP contribution in [0.3, 0.4) is 0 Å². The third kappa shape index (κ3) is 6.34. The number of likely N-dealkylation sites (N-methyl/N-ethyl adjacent to an activating group) is 1. The number of hydrogen-bond acceptors (Lipinski definition) is 6. The zero-order chi connectivity index (χ0) is 27.9. The molecule has 0 radical (unpaired) electrons. The Hall–Kier alpha value is -4.05. The molecule has 2 aromatic carbocycles. The number of anilines is 1. The molecule has 39 heavy (non-hydrogen) atoms. The summed E-state index contributed by atoms with van der Waals surface area (Å²) in [6, 6.07) is 13.9. The molecule has 1 atom stereocenters. The summed E-state index contributed by atoms with van der Waals surface area (Å²) in [5.41, 5.74) is 3.49. The van der Waals surface area contributed by atoms with Crippen LogP contribution in [0.1, 0.15) is 30.5 Å². The zero-order valence-electron chi connectivity index (χ0n) is 23.0. The molecule has 4 amide bonds. The van der Waals surface area contributed by atoms with E-state index in [0.29, 0.717) is 55.4 Å². The summed E-state index contributed by atoms with van der Waals surface area (Å²) in [5.74, 6) is 0.155. The average molecular weight is 536 g/mol. The molecule has 2 heterocycles. The third-order valence-electron chi connectivity index (χ3n) is 7.17. The van der Waals surface area contributed by atoms with Gasteiger partial charge in [0.15, 0.2) is 0 Å². The largest absolute Gasteiger partial charge is 0.495 e. The van der Waals surface area contributed by atoms with E-state index in [1.165, 1.54) is 4.90 Å². The van der Waals surface area contributed by atoms with E-state index in [4.69, 9.17) is 9.47 Å². The zero-order valence-corrected chi connectivity index (χ0v) is 23.0. The highest BCUT2D eigenvalue weighted by molar-refractivity contribution is 5.95. The number of carbonyl (C=O) groups is 3. The fraction of sp³-hybridized carbons (Fsp3) is 0.414. The van der Waals surface area contributed by atoms with Crippen LogP contribution in [-0.4, -0.2) is 86.2 Å². The summed E-state index contributed by atoms with van der Waals surface area (Å²) < 4.78 is 10.8. The molecule has 2 aliphatic heterocycles. The monoisotopic (exact) mass is 535 g/mol. The summed E-state index contributed by atoms with van der Waals surface area (Å²) in [5, 5.41) is 5.93. The van der Waals surface area contributed by atoms with E-state index in [0.717, 1.165) is 17.5 Å². The maximum absolute atomic E-state index is 13.3. The molecule has 0 bridgehead atoms. The number of ether oxygens (including phenoxy) is 2. The molecule has 0 unspecified atom stereocenters. The van der Waals surface area contributed by atoms with E-state index >= 15 is 0 Å². The second-order valence-electron chi connectivity index (χ2n) is 9.63. The van der Waals surface area contributed by atoms with Gasteiger partial charge in [-0.15, -0.1) is 0 Å². The second kappa shape index (κ2) is 12.7. The number of nitrogens with one attached hydrogen (secondary N) is 2. The first-order chi connectivity index (χ1) is 18.8. The van der Waals surface area contributed by atoms with Gasteiger partial charge in [-0.25, -0.2) is 14.4 Å². The lowest BCUT2D eigenvalue weighted by Gasteiger charge is -2.37. The van der Waals surface area contributed by atoms with E-state index in [-0.39, 0.29) is 18.7 Å². The van der Waals surface area contributed by atoms with Crippen molar-refractivity contribution in [2.75, 3.05) is 58.8 Å². The number of carbonyl (C=O) groups excluding carboxylic acids is 3. The van der Waals surface area contributed by atoms with Gasteiger partial charge in [-0.3, -0.25) is 9.80 Å². The maximum Gasteiger partial charge on any atom is 0.338 e. The van der Waals surface area contributed by atoms with Gasteiger partial charge in [0.1, 0.15) is 5.75 Å². The van der Waals surface area contributed by atoms with Crippen molar-refractivity contribution in [2.24, 2.45) is 0 Å². The summed E-state index contributed by atoms with van der Waals surface area (Å²) >= 11 is 0. The van der Waals surface area contributed by atoms with Gasteiger partial charge in [0, 0.05) is 45.5 Å². The van der Waals surface area contributed by atoms with E-state index in [1.54, 1.807) is 38.1 Å². The molecule has 208 valence electrons. The Bertz CT molecular complexity index is 1250. The minimum atomic E-state index is -0.612. The predicted molar refractivity (Wildman–Crippen MR) is 149 cm³/mol. The predicted octanol–water partition coefficient (Wildman–Crippen LogP) is 3.76. The molecule has 0 saturated carbocycles. The number of aryl methyl sites for hydroxylation is 1. The van der Waals surface area contributed by atoms with Gasteiger partial charge < -0.3 is 25.0 Å². The number of amides is 4. The second-order valence-corrected chi connectivity index (χ2v) is 9.63. The van der Waals surface area contributed by atoms with E-state index in [9.17, 15) is 14.4 Å². The number of esters is 1. The molecule has 10 heteroatoms. The van der Waals surface area contributed by atoms with Gasteiger partial charge in [-0.05, 0) is 43.5 Å². The first-order valence-electron chi connectivity index (χ1n) is 13.2. The Morgan fingerprint density at radius 2 is 1.79 bits per heavy atom. The highest BCUT2D eigenvalue weighted by Gasteiger charge is 2.38. The van der Waals surface area contributed by atoms with Crippen molar-refractivity contribution in [1.29, 1.82) is 0 Å². The highest BCUT2D eigenvalue weighted by atomic mass is 16.5. The molecule has 4 rings (SSSR count). The number of benzene rings is 2. The smallest absolute Gasteiger partial charge is 0.338 e. The van der Waals surface area contributed by atoms with Crippen molar-refractivity contribution in [3.8, 4) is 5.75 Å². The minimum absolute atomic E-state index is 0.193. The van der Waals surface area contributed by atoms with Crippen molar-refractivity contribution in [3.63, 3.8) is 0 Å². The van der Waals surface area contributed by atoms with E-state index in [2.05, 4.69) is 15.5 Å². The lowest BCUT2D eigenvalue weighted by atomic mass is 9.91. The highest BCUT2D eigenvalue weighted by Crippen LogP contribution is 2.33. The summed E-state index contributed by atoms with van der Waals surface area (Å²) in [6.07, 6.45) is 0.749. The molecule has 0 spiro atoms. The molecule has 0 aromatic heterocycles. The normalized spacial score (nSPS) is 18.4. The minimum Gasteiger partial charge on any atom is -0.495 e. The standard InChI is InChI=1S/C29H37N5O5/c1-5-39-27(35)25-23(32(3)28(36)31-26(25)21-12-7-6-11-20(21)2)19-33-15-10-16-34(18-17-33)29(37)30-22-13-8-9-14-24(22)38-4/h6-9,11-14,26H,5,10,15-19H2,1-4H3,(H,30,37)(H,31,36)/t26-/m0/s1. The van der Waals surface area contributed by atoms with Crippen LogP contribution in [0.4, 0.5) is 15.3 Å². The van der Waals surface area contributed by atoms with Gasteiger partial charge in [0.2, 0.25) is 0 Å². The van der Waals surface area contributed by atoms with Crippen LogP contribution in [0, 0.1) is 6.92 Å². The van der Waals surface area contributed by atoms with Gasteiger partial charge in [-0.2, -0.15) is 0 Å². The van der Waals surface area contributed by atoms with Crippen LogP contribution in [-0.2, 0) is 9.53 Å². The molecule has 1 fully saturated rings. The number of nitrogens with zero attached hydrogens (tertiary/aromatic N) is 3. The lowest BCUT2D eigenvalue weighted by molar-refractivity contribution is -0.139. The van der Waals surface area contributed by atoms with Crippen LogP contribution < -0.4 is 15.4 Å². The molecule has 1 saturated heterocycles. The Labute approximate surface area is 229 Å². The quantitative estimate of drug-likeness (QED) is 0.524. The summed E-state index contributed by atoms with van der Waals surface area (Å²) in [6.45, 7) is 6.72. The molecular weight excluding hydrogens is 498 g/mol. The molecule has 10 nitrogen and oxygen atoms in total. The molecule has 2 N–H and O–H groups in total. The SMILES string of the molecule is CCOC(=O)C1=C(CN2CCCN(C(=O)Nc3ccccc3OC)CC2)N(C)C(=O)N[C@H]1c1ccccc1C. The van der Waals surface area contributed by atoms with Crippen molar-refractivity contribution in [3.05, 3.63) is 70.9 Å². The van der Waals surface area contributed by atoms with Crippen LogP contribution in [0.25, 0.3) is 0 Å². The molecule has 2 aliphatic rings. The number of urea groups is 2.